The fraction of sp³-hybridized carbons (Fsp3) is 0.0357. The van der Waals surface area contributed by atoms with Gasteiger partial charge in [0.05, 0.1) is 16.4 Å². The van der Waals surface area contributed by atoms with Crippen LogP contribution in [0.15, 0.2) is 223 Å². The van der Waals surface area contributed by atoms with Gasteiger partial charge in [-0.05, 0) is 101 Å². The van der Waals surface area contributed by atoms with E-state index in [1.807, 2.05) is 24.3 Å². The predicted octanol–water partition coefficient (Wildman–Crippen LogP) is 15.1. The van der Waals surface area contributed by atoms with Crippen LogP contribution in [0.1, 0.15) is 29.2 Å². The lowest BCUT2D eigenvalue weighted by atomic mass is 9.67. The Morgan fingerprint density at radius 2 is 1.12 bits per heavy atom. The molecule has 280 valence electrons. The van der Waals surface area contributed by atoms with Gasteiger partial charge in [-0.1, -0.05) is 152 Å². The third-order valence-corrected chi connectivity index (χ3v) is 12.2. The molecule has 3 heteroatoms. The first-order chi connectivity index (χ1) is 29.2. The molecular weight excluding hydrogens is 717 g/mol. The molecule has 0 radical (unpaired) electrons. The van der Waals surface area contributed by atoms with Gasteiger partial charge in [0.2, 0.25) is 0 Å². The summed E-state index contributed by atoms with van der Waals surface area (Å²) in [6.45, 7) is 6.02. The number of aromatic nitrogens is 1. The van der Waals surface area contributed by atoms with E-state index < -0.39 is 5.41 Å². The second kappa shape index (κ2) is 13.8. The van der Waals surface area contributed by atoms with Gasteiger partial charge in [-0.2, -0.15) is 0 Å². The summed E-state index contributed by atoms with van der Waals surface area (Å²) in [5.41, 5.74) is 15.3. The second-order valence-electron chi connectivity index (χ2n) is 15.2. The summed E-state index contributed by atoms with van der Waals surface area (Å²) < 4.78 is 8.88. The number of hydrogen-bond donors (Lipinski definition) is 0. The zero-order valence-corrected chi connectivity index (χ0v) is 32.7. The van der Waals surface area contributed by atoms with Crippen LogP contribution in [-0.4, -0.2) is 4.57 Å². The molecule has 0 amide bonds. The third-order valence-electron chi connectivity index (χ3n) is 12.2. The maximum absolute atomic E-state index is 6.53. The number of nitrogens with zero attached hydrogens (tertiary/aromatic N) is 2. The van der Waals surface area contributed by atoms with E-state index in [-0.39, 0.29) is 0 Å². The Kier molecular flexibility index (Phi) is 8.09. The lowest BCUT2D eigenvalue weighted by Gasteiger charge is -2.35. The van der Waals surface area contributed by atoms with Gasteiger partial charge in [0.1, 0.15) is 11.2 Å². The van der Waals surface area contributed by atoms with E-state index in [1.165, 1.54) is 44.2 Å². The summed E-state index contributed by atoms with van der Waals surface area (Å²) in [6.07, 6.45) is 8.10. The van der Waals surface area contributed by atoms with Gasteiger partial charge in [0.25, 0.3) is 0 Å². The highest BCUT2D eigenvalue weighted by Crippen LogP contribution is 2.57. The van der Waals surface area contributed by atoms with Crippen molar-refractivity contribution < 1.29 is 4.42 Å². The molecule has 0 fully saturated rings. The average molecular weight is 757 g/mol. The highest BCUT2D eigenvalue weighted by Gasteiger charge is 2.46. The maximum atomic E-state index is 6.53. The molecule has 0 spiro atoms. The van der Waals surface area contributed by atoms with E-state index in [9.17, 15) is 0 Å². The first-order valence-electron chi connectivity index (χ1n) is 20.2. The first kappa shape index (κ1) is 34.6. The fourth-order valence-electron chi connectivity index (χ4n) is 9.72. The van der Waals surface area contributed by atoms with E-state index >= 15 is 0 Å². The first-order valence-corrected chi connectivity index (χ1v) is 20.2. The lowest BCUT2D eigenvalue weighted by molar-refractivity contribution is 0.669. The summed E-state index contributed by atoms with van der Waals surface area (Å²) in [7, 11) is 0. The van der Waals surface area contributed by atoms with E-state index in [4.69, 9.17) is 4.42 Å². The third kappa shape index (κ3) is 5.21. The zero-order chi connectivity index (χ0) is 39.5. The summed E-state index contributed by atoms with van der Waals surface area (Å²) in [6, 6.07) is 68.5. The topological polar surface area (TPSA) is 21.3 Å². The minimum Gasteiger partial charge on any atom is -0.456 e. The molecule has 2 aromatic heterocycles. The van der Waals surface area contributed by atoms with Crippen molar-refractivity contribution in [2.24, 2.45) is 0 Å². The molecule has 0 unspecified atom stereocenters. The Morgan fingerprint density at radius 3 is 1.90 bits per heavy atom. The van der Waals surface area contributed by atoms with Crippen LogP contribution in [0.4, 0.5) is 17.1 Å². The van der Waals surface area contributed by atoms with Crippen molar-refractivity contribution in [1.82, 2.24) is 4.57 Å². The number of para-hydroxylation sites is 2. The van der Waals surface area contributed by atoms with E-state index in [2.05, 4.69) is 211 Å². The van der Waals surface area contributed by atoms with Crippen LogP contribution >= 0.6 is 0 Å². The Balaban J connectivity index is 1.19. The Bertz CT molecular complexity index is 3270. The molecule has 0 saturated carbocycles. The maximum Gasteiger partial charge on any atom is 0.137 e. The highest BCUT2D eigenvalue weighted by atomic mass is 16.3. The molecule has 59 heavy (non-hydrogen) atoms. The number of benzene rings is 8. The largest absolute Gasteiger partial charge is 0.456 e. The monoisotopic (exact) mass is 756 g/mol. The summed E-state index contributed by atoms with van der Waals surface area (Å²) in [4.78, 5) is 2.40. The van der Waals surface area contributed by atoms with Gasteiger partial charge in [0, 0.05) is 50.4 Å². The van der Waals surface area contributed by atoms with E-state index in [1.54, 1.807) is 0 Å². The highest BCUT2D eigenvalue weighted by molar-refractivity contribution is 6.12. The molecule has 0 bridgehead atoms. The van der Waals surface area contributed by atoms with Crippen LogP contribution in [0.25, 0.3) is 60.6 Å². The number of rotatable bonds is 8. The van der Waals surface area contributed by atoms with Crippen LogP contribution in [0.5, 0.6) is 0 Å². The standard InChI is InChI=1S/C56H40N2O/c1-3-5-22-40(4-2)58-52-27-16-13-24-46(52)49-35-41(31-34-53(49)58)57(43-30-33-48-47-25-14-17-28-54(47)59-55(48)37-43)42-29-32-45-44-23-12-15-26-50(44)56(51(45)36-42,38-18-8-6-9-19-38)39-20-10-7-11-21-39/h3-37H,1H2,2H3/b22-5-,40-4+. The number of fused-ring (bicyclic) bond motifs is 9. The second-order valence-corrected chi connectivity index (χ2v) is 15.2. The van der Waals surface area contributed by atoms with Crippen molar-refractivity contribution >= 4 is 66.5 Å². The predicted molar refractivity (Wildman–Crippen MR) is 248 cm³/mol. The Labute approximate surface area is 343 Å². The molecule has 8 aromatic carbocycles. The van der Waals surface area contributed by atoms with Crippen LogP contribution in [0.2, 0.25) is 0 Å². The SMILES string of the molecule is C=C/C=C\C(=C/C)n1c2ccccc2c2cc(N(c3ccc4c(c3)C(c3ccccc3)(c3ccccc3)c3ccccc3-4)c3ccc4c(c3)oc3ccccc34)ccc21. The number of furan rings is 1. The van der Waals surface area contributed by atoms with Crippen molar-refractivity contribution in [3.05, 3.63) is 241 Å². The Morgan fingerprint density at radius 1 is 0.525 bits per heavy atom. The van der Waals surface area contributed by atoms with Crippen molar-refractivity contribution in [2.75, 3.05) is 4.90 Å². The van der Waals surface area contributed by atoms with Gasteiger partial charge < -0.3 is 13.9 Å². The van der Waals surface area contributed by atoms with E-state index in [0.717, 1.165) is 55.7 Å². The molecule has 2 heterocycles. The molecule has 11 rings (SSSR count). The minimum atomic E-state index is -0.530. The van der Waals surface area contributed by atoms with E-state index in [0.29, 0.717) is 0 Å². The molecule has 0 saturated heterocycles. The van der Waals surface area contributed by atoms with Crippen molar-refractivity contribution in [3.8, 4) is 11.1 Å². The number of anilines is 3. The van der Waals surface area contributed by atoms with Gasteiger partial charge in [0.15, 0.2) is 0 Å². The average Bonchev–Trinajstić information content (AvgIpc) is 3.93. The lowest BCUT2D eigenvalue weighted by Crippen LogP contribution is -2.28. The van der Waals surface area contributed by atoms with Crippen LogP contribution < -0.4 is 4.90 Å². The molecule has 1 aliphatic rings. The Hall–Kier alpha value is -7.62. The normalized spacial score (nSPS) is 13.4. The quantitative estimate of drug-likeness (QED) is 0.144. The van der Waals surface area contributed by atoms with Crippen molar-refractivity contribution in [1.29, 1.82) is 0 Å². The molecular formula is C56H40N2O. The van der Waals surface area contributed by atoms with Crippen molar-refractivity contribution in [3.63, 3.8) is 0 Å². The van der Waals surface area contributed by atoms with Crippen LogP contribution in [-0.2, 0) is 5.41 Å². The molecule has 10 aromatic rings. The molecule has 1 aliphatic carbocycles. The van der Waals surface area contributed by atoms with Gasteiger partial charge in [-0.15, -0.1) is 0 Å². The number of hydrogen-bond acceptors (Lipinski definition) is 2. The van der Waals surface area contributed by atoms with Crippen molar-refractivity contribution in [2.45, 2.75) is 12.3 Å². The van der Waals surface area contributed by atoms with Gasteiger partial charge in [-0.3, -0.25) is 0 Å². The van der Waals surface area contributed by atoms with Crippen LogP contribution in [0.3, 0.4) is 0 Å². The smallest absolute Gasteiger partial charge is 0.137 e. The molecule has 3 nitrogen and oxygen atoms in total. The molecule has 0 aliphatic heterocycles. The molecule has 0 N–H and O–H groups in total. The van der Waals surface area contributed by atoms with Crippen LogP contribution in [0, 0.1) is 0 Å². The minimum absolute atomic E-state index is 0.530. The summed E-state index contributed by atoms with van der Waals surface area (Å²) in [5, 5.41) is 4.59. The van der Waals surface area contributed by atoms with Gasteiger partial charge in [-0.25, -0.2) is 0 Å². The summed E-state index contributed by atoms with van der Waals surface area (Å²) >= 11 is 0. The fourth-order valence-corrected chi connectivity index (χ4v) is 9.72. The molecule has 0 atom stereocenters. The summed E-state index contributed by atoms with van der Waals surface area (Å²) in [5.74, 6) is 0. The van der Waals surface area contributed by atoms with Gasteiger partial charge >= 0.3 is 0 Å². The number of allylic oxidation sites excluding steroid dienone is 5. The zero-order valence-electron chi connectivity index (χ0n) is 32.7.